The minimum absolute atomic E-state index is 0.0190. The van der Waals surface area contributed by atoms with Crippen molar-refractivity contribution >= 4 is 34.1 Å². The Kier molecular flexibility index (Phi) is 5.36. The Hall–Kier alpha value is -2.74. The summed E-state index contributed by atoms with van der Waals surface area (Å²) in [6, 6.07) is 7.96. The number of benzene rings is 1. The lowest BCUT2D eigenvalue weighted by Crippen LogP contribution is -2.50. The van der Waals surface area contributed by atoms with Crippen LogP contribution in [0.25, 0.3) is 0 Å². The van der Waals surface area contributed by atoms with Crippen molar-refractivity contribution < 1.29 is 18.8 Å². The highest BCUT2D eigenvalue weighted by atomic mass is 32.1. The van der Waals surface area contributed by atoms with E-state index in [4.69, 9.17) is 0 Å². The van der Waals surface area contributed by atoms with E-state index in [0.717, 1.165) is 12.8 Å². The topological polar surface area (TPSA) is 69.7 Å². The summed E-state index contributed by atoms with van der Waals surface area (Å²) in [5, 5.41) is 3.54. The number of nitrogens with one attached hydrogen (secondary N) is 1. The van der Waals surface area contributed by atoms with Crippen molar-refractivity contribution in [2.24, 2.45) is 5.92 Å². The maximum Gasteiger partial charge on any atom is 0.264 e. The smallest absolute Gasteiger partial charge is 0.264 e. The molecular formula is C21H22FN3O3S. The lowest BCUT2D eigenvalue weighted by molar-refractivity contribution is -0.117. The lowest BCUT2D eigenvalue weighted by atomic mass is 10.1. The van der Waals surface area contributed by atoms with Crippen LogP contribution in [0.4, 0.5) is 9.39 Å². The molecular weight excluding hydrogens is 393 g/mol. The molecule has 1 aliphatic heterocycles. The third kappa shape index (κ3) is 4.32. The number of anilines is 1. The Bertz CT molecular complexity index is 962. The number of hydrogen-bond donors (Lipinski definition) is 1. The number of rotatable bonds is 4. The molecule has 1 saturated carbocycles. The van der Waals surface area contributed by atoms with Crippen LogP contribution in [0.5, 0.6) is 0 Å². The Morgan fingerprint density at radius 1 is 1.00 bits per heavy atom. The minimum atomic E-state index is -0.396. The molecule has 1 N–H and O–H groups in total. The molecule has 1 aromatic heterocycles. The van der Waals surface area contributed by atoms with Gasteiger partial charge >= 0.3 is 0 Å². The molecule has 8 heteroatoms. The maximum absolute atomic E-state index is 13.7. The normalized spacial score (nSPS) is 16.6. The quantitative estimate of drug-likeness (QED) is 0.834. The van der Waals surface area contributed by atoms with Gasteiger partial charge in [0.25, 0.3) is 11.8 Å². The number of carbonyl (C=O) groups is 3. The Morgan fingerprint density at radius 2 is 1.66 bits per heavy atom. The molecule has 0 radical (unpaired) electrons. The van der Waals surface area contributed by atoms with Gasteiger partial charge in [0.05, 0.1) is 9.88 Å². The monoisotopic (exact) mass is 415 g/mol. The van der Waals surface area contributed by atoms with Gasteiger partial charge in [0, 0.05) is 37.7 Å². The predicted octanol–water partition coefficient (Wildman–Crippen LogP) is 3.14. The van der Waals surface area contributed by atoms with E-state index in [0.29, 0.717) is 47.2 Å². The van der Waals surface area contributed by atoms with E-state index in [2.05, 4.69) is 5.32 Å². The predicted molar refractivity (Wildman–Crippen MR) is 109 cm³/mol. The van der Waals surface area contributed by atoms with Gasteiger partial charge in [0.2, 0.25) is 5.91 Å². The van der Waals surface area contributed by atoms with Gasteiger partial charge in [-0.2, -0.15) is 0 Å². The van der Waals surface area contributed by atoms with Gasteiger partial charge in [0.1, 0.15) is 5.82 Å². The van der Waals surface area contributed by atoms with Crippen molar-refractivity contribution in [3.8, 4) is 0 Å². The van der Waals surface area contributed by atoms with Crippen LogP contribution in [-0.2, 0) is 4.79 Å². The first-order valence-corrected chi connectivity index (χ1v) is 10.5. The van der Waals surface area contributed by atoms with Gasteiger partial charge in [-0.25, -0.2) is 4.39 Å². The molecule has 1 aromatic carbocycles. The first kappa shape index (κ1) is 19.6. The maximum atomic E-state index is 13.7. The van der Waals surface area contributed by atoms with E-state index < -0.39 is 5.82 Å². The van der Waals surface area contributed by atoms with Crippen LogP contribution < -0.4 is 5.32 Å². The molecule has 3 amide bonds. The van der Waals surface area contributed by atoms with E-state index >= 15 is 0 Å². The molecule has 2 aliphatic rings. The third-order valence-corrected chi connectivity index (χ3v) is 6.27. The summed E-state index contributed by atoms with van der Waals surface area (Å²) in [6.45, 7) is 3.29. The van der Waals surface area contributed by atoms with Crippen molar-refractivity contribution in [3.63, 3.8) is 0 Å². The van der Waals surface area contributed by atoms with Gasteiger partial charge < -0.3 is 15.1 Å². The van der Waals surface area contributed by atoms with E-state index in [1.807, 2.05) is 0 Å². The molecule has 152 valence electrons. The SMILES string of the molecule is Cc1ccc(C(=O)N2CCN(C(=O)c3ccc(NC(=O)C4CC4)s3)CC2)cc1F. The summed E-state index contributed by atoms with van der Waals surface area (Å²) < 4.78 is 13.7. The highest BCUT2D eigenvalue weighted by Crippen LogP contribution is 2.32. The minimum Gasteiger partial charge on any atom is -0.335 e. The van der Waals surface area contributed by atoms with Crippen molar-refractivity contribution in [1.82, 2.24) is 9.80 Å². The molecule has 0 atom stereocenters. The zero-order valence-corrected chi connectivity index (χ0v) is 16.9. The average molecular weight is 415 g/mol. The Morgan fingerprint density at radius 3 is 2.28 bits per heavy atom. The van der Waals surface area contributed by atoms with E-state index in [9.17, 15) is 18.8 Å². The summed E-state index contributed by atoms with van der Waals surface area (Å²) in [5.74, 6) is -0.589. The number of nitrogens with zero attached hydrogens (tertiary/aromatic N) is 2. The van der Waals surface area contributed by atoms with E-state index in [1.54, 1.807) is 41.0 Å². The molecule has 0 unspecified atom stereocenters. The Balaban J connectivity index is 1.33. The van der Waals surface area contributed by atoms with Crippen molar-refractivity contribution in [1.29, 1.82) is 0 Å². The fourth-order valence-corrected chi connectivity index (χ4v) is 4.14. The molecule has 1 aliphatic carbocycles. The molecule has 2 heterocycles. The van der Waals surface area contributed by atoms with Crippen LogP contribution in [0.1, 0.15) is 38.4 Å². The fraction of sp³-hybridized carbons (Fsp3) is 0.381. The second-order valence-corrected chi connectivity index (χ2v) is 8.56. The van der Waals surface area contributed by atoms with Crippen molar-refractivity contribution in [2.75, 3.05) is 31.5 Å². The zero-order chi connectivity index (χ0) is 20.5. The van der Waals surface area contributed by atoms with Crippen molar-refractivity contribution in [2.45, 2.75) is 19.8 Å². The van der Waals surface area contributed by atoms with E-state index in [-0.39, 0.29) is 23.6 Å². The number of amides is 3. The largest absolute Gasteiger partial charge is 0.335 e. The molecule has 0 bridgehead atoms. The van der Waals surface area contributed by atoms with Gasteiger partial charge in [-0.15, -0.1) is 11.3 Å². The van der Waals surface area contributed by atoms with Gasteiger partial charge in [-0.1, -0.05) is 6.07 Å². The standard InChI is InChI=1S/C21H22FN3O3S/c1-13-2-3-15(12-16(13)22)20(27)24-8-10-25(11-9-24)21(28)17-6-7-18(29-17)23-19(26)14-4-5-14/h2-3,6-7,12,14H,4-5,8-11H2,1H3,(H,23,26). The van der Waals surface area contributed by atoms with Gasteiger partial charge in [-0.3, -0.25) is 14.4 Å². The zero-order valence-electron chi connectivity index (χ0n) is 16.1. The average Bonchev–Trinajstić information content (AvgIpc) is 3.49. The molecule has 1 saturated heterocycles. The van der Waals surface area contributed by atoms with Crippen LogP contribution >= 0.6 is 11.3 Å². The van der Waals surface area contributed by atoms with Gasteiger partial charge in [-0.05, 0) is 49.6 Å². The number of carbonyl (C=O) groups excluding carboxylic acids is 3. The number of aryl methyl sites for hydroxylation is 1. The highest BCUT2D eigenvalue weighted by Gasteiger charge is 2.30. The summed E-state index contributed by atoms with van der Waals surface area (Å²) >= 11 is 1.27. The fourth-order valence-electron chi connectivity index (χ4n) is 3.27. The molecule has 6 nitrogen and oxygen atoms in total. The molecule has 2 aromatic rings. The first-order valence-electron chi connectivity index (χ1n) is 9.68. The molecule has 2 fully saturated rings. The second-order valence-electron chi connectivity index (χ2n) is 7.48. The summed E-state index contributed by atoms with van der Waals surface area (Å²) in [7, 11) is 0. The van der Waals surface area contributed by atoms with Crippen LogP contribution in [0.15, 0.2) is 30.3 Å². The Labute approximate surface area is 172 Å². The second kappa shape index (κ2) is 7.94. The number of halogens is 1. The number of hydrogen-bond acceptors (Lipinski definition) is 4. The highest BCUT2D eigenvalue weighted by molar-refractivity contribution is 7.18. The van der Waals surface area contributed by atoms with Gasteiger partial charge in [0.15, 0.2) is 0 Å². The van der Waals surface area contributed by atoms with Crippen molar-refractivity contribution in [3.05, 3.63) is 52.2 Å². The van der Waals surface area contributed by atoms with E-state index in [1.165, 1.54) is 17.4 Å². The van der Waals surface area contributed by atoms with Crippen LogP contribution in [-0.4, -0.2) is 53.7 Å². The van der Waals surface area contributed by atoms with Crippen LogP contribution in [0.3, 0.4) is 0 Å². The summed E-state index contributed by atoms with van der Waals surface area (Å²) in [4.78, 5) is 41.1. The lowest BCUT2D eigenvalue weighted by Gasteiger charge is -2.34. The molecule has 0 spiro atoms. The number of piperazine rings is 1. The van der Waals surface area contributed by atoms with Crippen LogP contribution in [0.2, 0.25) is 0 Å². The molecule has 29 heavy (non-hydrogen) atoms. The third-order valence-electron chi connectivity index (χ3n) is 5.28. The summed E-state index contributed by atoms with van der Waals surface area (Å²) in [5.41, 5.74) is 0.822. The summed E-state index contributed by atoms with van der Waals surface area (Å²) in [6.07, 6.45) is 1.86. The molecule has 4 rings (SSSR count). The number of thiophene rings is 1. The van der Waals surface area contributed by atoms with Crippen LogP contribution in [0, 0.1) is 18.7 Å². The first-order chi connectivity index (χ1) is 13.9.